The Kier molecular flexibility index (Phi) is 5.03. The zero-order chi connectivity index (χ0) is 20.4. The normalized spacial score (nSPS) is 12.3. The number of anilines is 1. The third-order valence-corrected chi connectivity index (χ3v) is 4.62. The lowest BCUT2D eigenvalue weighted by Crippen LogP contribution is -2.17. The topological polar surface area (TPSA) is 86.0 Å². The maximum Gasteiger partial charge on any atom is 0.315 e. The van der Waals surface area contributed by atoms with E-state index >= 15 is 0 Å². The van der Waals surface area contributed by atoms with Crippen molar-refractivity contribution < 1.29 is 14.4 Å². The van der Waals surface area contributed by atoms with Crippen LogP contribution in [0.15, 0.2) is 53.5 Å². The first-order valence-electron chi connectivity index (χ1n) is 9.58. The smallest absolute Gasteiger partial charge is 0.315 e. The van der Waals surface area contributed by atoms with Gasteiger partial charge in [0.25, 0.3) is 0 Å². The van der Waals surface area contributed by atoms with Crippen molar-refractivity contribution in [1.29, 1.82) is 0 Å². The molecule has 1 aliphatic heterocycles. The van der Waals surface area contributed by atoms with Crippen LogP contribution < -0.4 is 14.8 Å². The van der Waals surface area contributed by atoms with Gasteiger partial charge in [-0.1, -0.05) is 31.2 Å². The van der Waals surface area contributed by atoms with Gasteiger partial charge in [-0.3, -0.25) is 10.1 Å². The minimum Gasteiger partial charge on any atom is -0.490 e. The third kappa shape index (κ3) is 3.47. The predicted molar refractivity (Wildman–Crippen MR) is 114 cm³/mol. The second-order valence-corrected chi connectivity index (χ2v) is 6.63. The number of benzene rings is 3. The lowest BCUT2D eigenvalue weighted by atomic mass is 10.0. The van der Waals surface area contributed by atoms with Gasteiger partial charge in [0.05, 0.1) is 23.8 Å². The summed E-state index contributed by atoms with van der Waals surface area (Å²) in [6, 6.07) is 15.1. The first-order chi connectivity index (χ1) is 14.1. The van der Waals surface area contributed by atoms with E-state index in [-0.39, 0.29) is 11.4 Å². The van der Waals surface area contributed by atoms with Crippen LogP contribution >= 0.6 is 0 Å². The van der Waals surface area contributed by atoms with Gasteiger partial charge < -0.3 is 14.8 Å². The van der Waals surface area contributed by atoms with Crippen LogP contribution in [0, 0.1) is 10.1 Å². The van der Waals surface area contributed by atoms with Crippen molar-refractivity contribution in [3.8, 4) is 11.5 Å². The summed E-state index contributed by atoms with van der Waals surface area (Å²) in [6.07, 6.45) is 0.736. The highest BCUT2D eigenvalue weighted by Crippen LogP contribution is 2.41. The molecule has 7 heteroatoms. The molecule has 0 bridgehead atoms. The van der Waals surface area contributed by atoms with Crippen LogP contribution in [0.4, 0.5) is 17.1 Å². The largest absolute Gasteiger partial charge is 0.490 e. The van der Waals surface area contributed by atoms with Crippen LogP contribution in [-0.2, 0) is 0 Å². The summed E-state index contributed by atoms with van der Waals surface area (Å²) in [5.74, 6) is 1.02. The predicted octanol–water partition coefficient (Wildman–Crippen LogP) is 5.44. The summed E-state index contributed by atoms with van der Waals surface area (Å²) in [6.45, 7) is 4.51. The summed E-state index contributed by atoms with van der Waals surface area (Å²) in [5, 5.41) is 17.2. The number of rotatable bonds is 7. The Balaban J connectivity index is 1.86. The van der Waals surface area contributed by atoms with Gasteiger partial charge in [-0.2, -0.15) is 0 Å². The minimum absolute atomic E-state index is 0.138. The molecular weight excluding hydrogens is 370 g/mol. The van der Waals surface area contributed by atoms with Gasteiger partial charge in [0.15, 0.2) is 5.75 Å². The fraction of sp³-hybridized carbons (Fsp3) is 0.227. The number of nitro groups is 1. The number of amidine groups is 1. The van der Waals surface area contributed by atoms with Gasteiger partial charge in [0.1, 0.15) is 5.84 Å². The molecule has 148 valence electrons. The first-order valence-corrected chi connectivity index (χ1v) is 9.58. The second kappa shape index (κ2) is 7.79. The molecule has 0 spiro atoms. The highest BCUT2D eigenvalue weighted by molar-refractivity contribution is 6.19. The van der Waals surface area contributed by atoms with Crippen molar-refractivity contribution >= 4 is 33.7 Å². The van der Waals surface area contributed by atoms with Crippen LogP contribution in [0.1, 0.15) is 25.8 Å². The molecule has 0 atom stereocenters. The number of aliphatic imine (C=N–C) groups is 1. The molecule has 0 aromatic heterocycles. The van der Waals surface area contributed by atoms with Crippen molar-refractivity contribution in [3.63, 3.8) is 0 Å². The number of nitrogens with zero attached hydrogens (tertiary/aromatic N) is 2. The van der Waals surface area contributed by atoms with Crippen LogP contribution in [0.5, 0.6) is 11.5 Å². The lowest BCUT2D eigenvalue weighted by Gasteiger charge is -2.20. The SMILES string of the molecule is CCCOc1c(OCC)cc(C2=Nc3cccc4cccc(c34)N2)cc1[N+](=O)[O-]. The van der Waals surface area contributed by atoms with E-state index in [1.165, 1.54) is 6.07 Å². The summed E-state index contributed by atoms with van der Waals surface area (Å²) in [5.41, 5.74) is 2.16. The number of ether oxygens (including phenoxy) is 2. The van der Waals surface area contributed by atoms with Crippen molar-refractivity contribution in [3.05, 3.63) is 64.2 Å². The third-order valence-electron chi connectivity index (χ3n) is 4.62. The molecule has 0 aliphatic carbocycles. The Morgan fingerprint density at radius 2 is 1.90 bits per heavy atom. The molecule has 0 saturated carbocycles. The highest BCUT2D eigenvalue weighted by Gasteiger charge is 2.25. The Morgan fingerprint density at radius 3 is 2.62 bits per heavy atom. The molecular formula is C22H21N3O4. The molecule has 1 aliphatic rings. The Morgan fingerprint density at radius 1 is 1.10 bits per heavy atom. The highest BCUT2D eigenvalue weighted by atomic mass is 16.6. The molecule has 0 unspecified atom stereocenters. The molecule has 1 N–H and O–H groups in total. The van der Waals surface area contributed by atoms with E-state index in [0.29, 0.717) is 30.4 Å². The average Bonchev–Trinajstić information content (AvgIpc) is 2.72. The minimum atomic E-state index is -0.449. The van der Waals surface area contributed by atoms with E-state index in [2.05, 4.69) is 5.32 Å². The molecule has 7 nitrogen and oxygen atoms in total. The standard InChI is InChI=1S/C22H21N3O4/c1-3-11-29-21-18(25(26)27)12-15(13-19(21)28-4-2)22-23-16-9-5-7-14-8-6-10-17(24-22)20(14)16/h5-10,12-13H,3-4,11H2,1-2H3,(H,23,24). The van der Waals surface area contributed by atoms with Gasteiger partial charge >= 0.3 is 5.69 Å². The van der Waals surface area contributed by atoms with Gasteiger partial charge in [-0.05, 0) is 36.9 Å². The van der Waals surface area contributed by atoms with Crippen molar-refractivity contribution in [1.82, 2.24) is 0 Å². The van der Waals surface area contributed by atoms with E-state index in [9.17, 15) is 10.1 Å². The van der Waals surface area contributed by atoms with E-state index in [4.69, 9.17) is 14.5 Å². The van der Waals surface area contributed by atoms with Crippen LogP contribution in [0.2, 0.25) is 0 Å². The number of nitrogens with one attached hydrogen (secondary N) is 1. The molecule has 0 radical (unpaired) electrons. The Labute approximate surface area is 168 Å². The van der Waals surface area contributed by atoms with E-state index in [1.807, 2.05) is 50.2 Å². The van der Waals surface area contributed by atoms with Gasteiger partial charge in [-0.15, -0.1) is 0 Å². The molecule has 29 heavy (non-hydrogen) atoms. The van der Waals surface area contributed by atoms with Crippen LogP contribution in [0.3, 0.4) is 0 Å². The number of nitro benzene ring substituents is 1. The number of hydrogen-bond acceptors (Lipinski definition) is 6. The van der Waals surface area contributed by atoms with E-state index in [1.54, 1.807) is 6.07 Å². The van der Waals surface area contributed by atoms with Gasteiger partial charge in [0, 0.05) is 22.7 Å². The molecule has 0 amide bonds. The molecule has 0 fully saturated rings. The zero-order valence-electron chi connectivity index (χ0n) is 16.3. The van der Waals surface area contributed by atoms with Gasteiger partial charge in [0.2, 0.25) is 5.75 Å². The van der Waals surface area contributed by atoms with E-state index < -0.39 is 4.92 Å². The first kappa shape index (κ1) is 18.7. The van der Waals surface area contributed by atoms with Gasteiger partial charge in [-0.25, -0.2) is 4.99 Å². The molecule has 1 heterocycles. The zero-order valence-corrected chi connectivity index (χ0v) is 16.3. The lowest BCUT2D eigenvalue weighted by molar-refractivity contribution is -0.386. The maximum absolute atomic E-state index is 11.7. The summed E-state index contributed by atoms with van der Waals surface area (Å²) < 4.78 is 11.3. The van der Waals surface area contributed by atoms with Crippen molar-refractivity contribution in [2.24, 2.45) is 4.99 Å². The Bertz CT molecular complexity index is 1120. The summed E-state index contributed by atoms with van der Waals surface area (Å²) >= 11 is 0. The fourth-order valence-corrected chi connectivity index (χ4v) is 3.40. The molecule has 3 aromatic carbocycles. The number of hydrogen-bond donors (Lipinski definition) is 1. The Hall–Kier alpha value is -3.61. The average molecular weight is 391 g/mol. The van der Waals surface area contributed by atoms with Crippen molar-refractivity contribution in [2.45, 2.75) is 20.3 Å². The van der Waals surface area contributed by atoms with Crippen molar-refractivity contribution in [2.75, 3.05) is 18.5 Å². The fourth-order valence-electron chi connectivity index (χ4n) is 3.40. The maximum atomic E-state index is 11.7. The van der Waals surface area contributed by atoms with E-state index in [0.717, 1.165) is 28.6 Å². The molecule has 4 rings (SSSR count). The molecule has 3 aromatic rings. The quantitative estimate of drug-likeness (QED) is 0.428. The van der Waals surface area contributed by atoms with Crippen LogP contribution in [-0.4, -0.2) is 24.0 Å². The van der Waals surface area contributed by atoms with Crippen LogP contribution in [0.25, 0.3) is 10.8 Å². The summed E-state index contributed by atoms with van der Waals surface area (Å²) in [4.78, 5) is 16.0. The molecule has 0 saturated heterocycles. The monoisotopic (exact) mass is 391 g/mol. The second-order valence-electron chi connectivity index (χ2n) is 6.63. The summed E-state index contributed by atoms with van der Waals surface area (Å²) in [7, 11) is 0.